The van der Waals surface area contributed by atoms with Crippen molar-refractivity contribution in [3.63, 3.8) is 0 Å². The molecule has 0 aromatic carbocycles. The fraction of sp³-hybridized carbons (Fsp3) is 1.00. The van der Waals surface area contributed by atoms with Crippen molar-refractivity contribution in [1.82, 2.24) is 0 Å². The average Bonchev–Trinajstić information content (AvgIpc) is 1.31. The molecule has 0 aliphatic carbocycles. The van der Waals surface area contributed by atoms with Gasteiger partial charge in [-0.25, -0.2) is 0 Å². The van der Waals surface area contributed by atoms with Gasteiger partial charge in [-0.3, -0.25) is 0 Å². The second-order valence-corrected chi connectivity index (χ2v) is 2.44. The Bertz CT molecular complexity index is 40.1. The van der Waals surface area contributed by atoms with Gasteiger partial charge in [-0.2, -0.15) is 0 Å². The van der Waals surface area contributed by atoms with Crippen molar-refractivity contribution in [2.24, 2.45) is 5.92 Å². The minimum Gasteiger partial charge on any atom is -0.381 e. The summed E-state index contributed by atoms with van der Waals surface area (Å²) in [6, 6.07) is 0. The highest BCUT2D eigenvalue weighted by Gasteiger charge is 2.15. The van der Waals surface area contributed by atoms with Crippen LogP contribution in [-0.2, 0) is 4.74 Å². The Morgan fingerprint density at radius 2 is 2.33 bits per heavy atom. The molecule has 0 atom stereocenters. The van der Waals surface area contributed by atoms with Crippen molar-refractivity contribution < 1.29 is 4.74 Å². The molecule has 0 saturated carbocycles. The third-order valence-electron chi connectivity index (χ3n) is 0.925. The number of hydrogen-bond donors (Lipinski definition) is 0. The van der Waals surface area contributed by atoms with Crippen LogP contribution in [0.5, 0.6) is 0 Å². The molecule has 0 bridgehead atoms. The van der Waals surface area contributed by atoms with Gasteiger partial charge in [0.25, 0.3) is 0 Å². The number of ether oxygens (including phenoxy) is 1. The highest BCUT2D eigenvalue weighted by atomic mass is 127. The lowest BCUT2D eigenvalue weighted by Gasteiger charge is -2.22. The van der Waals surface area contributed by atoms with E-state index in [-0.39, 0.29) is 0 Å². The molecule has 0 radical (unpaired) electrons. The predicted octanol–water partition coefficient (Wildman–Crippen LogP) is 1.07. The van der Waals surface area contributed by atoms with Crippen molar-refractivity contribution in [2.45, 2.75) is 0 Å². The Labute approximate surface area is 51.2 Å². The molecular formula is C4H7IO. The molecule has 1 nitrogen and oxygen atoms in total. The van der Waals surface area contributed by atoms with Crippen LogP contribution in [0, 0.1) is 5.92 Å². The van der Waals surface area contributed by atoms with Gasteiger partial charge in [0, 0.05) is 10.3 Å². The molecule has 0 unspecified atom stereocenters. The summed E-state index contributed by atoms with van der Waals surface area (Å²) in [7, 11) is 0. The predicted molar refractivity (Wildman–Crippen MR) is 33.2 cm³/mol. The van der Waals surface area contributed by atoms with E-state index in [9.17, 15) is 0 Å². The molecule has 1 rings (SSSR count). The van der Waals surface area contributed by atoms with Crippen LogP contribution >= 0.6 is 22.6 Å². The van der Waals surface area contributed by atoms with Crippen LogP contribution in [0.1, 0.15) is 0 Å². The summed E-state index contributed by atoms with van der Waals surface area (Å²) >= 11 is 2.38. The third kappa shape index (κ3) is 0.846. The van der Waals surface area contributed by atoms with Crippen LogP contribution in [0.2, 0.25) is 0 Å². The first-order valence-corrected chi connectivity index (χ1v) is 3.59. The summed E-state index contributed by atoms with van der Waals surface area (Å²) in [4.78, 5) is 0. The van der Waals surface area contributed by atoms with Crippen LogP contribution in [0.15, 0.2) is 0 Å². The molecule has 2 heteroatoms. The zero-order chi connectivity index (χ0) is 4.41. The van der Waals surface area contributed by atoms with Crippen LogP contribution in [0.4, 0.5) is 0 Å². The topological polar surface area (TPSA) is 9.23 Å². The number of rotatable bonds is 1. The van der Waals surface area contributed by atoms with Gasteiger partial charge in [0.15, 0.2) is 0 Å². The van der Waals surface area contributed by atoms with Gasteiger partial charge in [-0.15, -0.1) is 0 Å². The Hall–Kier alpha value is 0.690. The van der Waals surface area contributed by atoms with E-state index >= 15 is 0 Å². The first-order valence-electron chi connectivity index (χ1n) is 2.07. The number of alkyl halides is 1. The van der Waals surface area contributed by atoms with E-state index in [1.165, 1.54) is 4.43 Å². The first kappa shape index (κ1) is 4.84. The zero-order valence-corrected chi connectivity index (χ0v) is 5.64. The fourth-order valence-corrected chi connectivity index (χ4v) is 0.882. The van der Waals surface area contributed by atoms with Crippen LogP contribution in [0.25, 0.3) is 0 Å². The Kier molecular flexibility index (Phi) is 1.71. The molecule has 1 heterocycles. The molecule has 0 spiro atoms. The molecule has 1 aliphatic heterocycles. The lowest BCUT2D eigenvalue weighted by molar-refractivity contribution is -0.0182. The first-order chi connectivity index (χ1) is 2.93. The normalized spacial score (nSPS) is 23.5. The summed E-state index contributed by atoms with van der Waals surface area (Å²) in [5.41, 5.74) is 0. The molecule has 0 N–H and O–H groups in total. The van der Waals surface area contributed by atoms with Gasteiger partial charge in [0.2, 0.25) is 0 Å². The molecule has 0 aromatic rings. The maximum atomic E-state index is 4.92. The zero-order valence-electron chi connectivity index (χ0n) is 3.48. The van der Waals surface area contributed by atoms with E-state index in [2.05, 4.69) is 22.6 Å². The molecule has 6 heavy (non-hydrogen) atoms. The minimum atomic E-state index is 0.880. The van der Waals surface area contributed by atoms with E-state index in [0.29, 0.717) is 0 Å². The standard InChI is InChI=1S/C4H7IO/c5-1-4-2-6-3-4/h4H,1-3H2. The minimum absolute atomic E-state index is 0.880. The highest BCUT2D eigenvalue weighted by molar-refractivity contribution is 14.1. The monoisotopic (exact) mass is 198 g/mol. The van der Waals surface area contributed by atoms with Crippen molar-refractivity contribution in [3.05, 3.63) is 0 Å². The fourth-order valence-electron chi connectivity index (χ4n) is 0.374. The molecule has 1 aliphatic rings. The maximum Gasteiger partial charge on any atom is 0.0523 e. The molecule has 1 saturated heterocycles. The van der Waals surface area contributed by atoms with Crippen LogP contribution in [-0.4, -0.2) is 17.6 Å². The van der Waals surface area contributed by atoms with E-state index in [4.69, 9.17) is 4.74 Å². The van der Waals surface area contributed by atoms with Crippen LogP contribution in [0.3, 0.4) is 0 Å². The van der Waals surface area contributed by atoms with Gasteiger partial charge in [-0.05, 0) is 0 Å². The maximum absolute atomic E-state index is 4.92. The van der Waals surface area contributed by atoms with Crippen molar-refractivity contribution in [2.75, 3.05) is 17.6 Å². The van der Waals surface area contributed by atoms with Gasteiger partial charge in [0.05, 0.1) is 13.2 Å². The van der Waals surface area contributed by atoms with E-state index in [1.807, 2.05) is 0 Å². The molecule has 36 valence electrons. The Morgan fingerprint density at radius 3 is 2.33 bits per heavy atom. The Balaban J connectivity index is 2.01. The second kappa shape index (κ2) is 2.12. The SMILES string of the molecule is ICC1COC1. The van der Waals surface area contributed by atoms with Gasteiger partial charge in [-0.1, -0.05) is 22.6 Å². The Morgan fingerprint density at radius 1 is 1.67 bits per heavy atom. The van der Waals surface area contributed by atoms with Gasteiger partial charge in [0.1, 0.15) is 0 Å². The summed E-state index contributed by atoms with van der Waals surface area (Å²) in [6.45, 7) is 2.01. The van der Waals surface area contributed by atoms with Crippen molar-refractivity contribution in [3.8, 4) is 0 Å². The van der Waals surface area contributed by atoms with Crippen molar-refractivity contribution >= 4 is 22.6 Å². The number of hydrogen-bond acceptors (Lipinski definition) is 1. The largest absolute Gasteiger partial charge is 0.381 e. The lowest BCUT2D eigenvalue weighted by atomic mass is 10.2. The van der Waals surface area contributed by atoms with E-state index in [1.54, 1.807) is 0 Å². The molecular weight excluding hydrogens is 191 g/mol. The molecule has 1 fully saturated rings. The molecule has 0 aromatic heterocycles. The quantitative estimate of drug-likeness (QED) is 0.452. The lowest BCUT2D eigenvalue weighted by Crippen LogP contribution is -2.28. The van der Waals surface area contributed by atoms with E-state index in [0.717, 1.165) is 19.1 Å². The van der Waals surface area contributed by atoms with E-state index < -0.39 is 0 Å². The average molecular weight is 198 g/mol. The van der Waals surface area contributed by atoms with Gasteiger partial charge >= 0.3 is 0 Å². The highest BCUT2D eigenvalue weighted by Crippen LogP contribution is 2.11. The van der Waals surface area contributed by atoms with Gasteiger partial charge < -0.3 is 4.74 Å². The summed E-state index contributed by atoms with van der Waals surface area (Å²) in [5, 5.41) is 0. The van der Waals surface area contributed by atoms with Crippen LogP contribution < -0.4 is 0 Å². The smallest absolute Gasteiger partial charge is 0.0523 e. The second-order valence-electron chi connectivity index (χ2n) is 1.56. The summed E-state index contributed by atoms with van der Waals surface area (Å²) in [5.74, 6) is 0.880. The third-order valence-corrected chi connectivity index (χ3v) is 2.17. The van der Waals surface area contributed by atoms with Crippen molar-refractivity contribution in [1.29, 1.82) is 0 Å². The summed E-state index contributed by atoms with van der Waals surface area (Å²) in [6.07, 6.45) is 0. The number of halogens is 1. The summed E-state index contributed by atoms with van der Waals surface area (Å²) < 4.78 is 6.18. The molecule has 0 amide bonds.